The lowest BCUT2D eigenvalue weighted by molar-refractivity contribution is -0.121. The molecule has 1 aromatic carbocycles. The number of rotatable bonds is 7. The fourth-order valence-electron chi connectivity index (χ4n) is 2.40. The van der Waals surface area contributed by atoms with Gasteiger partial charge in [-0.05, 0) is 13.0 Å². The van der Waals surface area contributed by atoms with Crippen molar-refractivity contribution in [2.24, 2.45) is 0 Å². The van der Waals surface area contributed by atoms with E-state index >= 15 is 0 Å². The van der Waals surface area contributed by atoms with Crippen LogP contribution in [-0.2, 0) is 17.1 Å². The lowest BCUT2D eigenvalue weighted by atomic mass is 10.2. The van der Waals surface area contributed by atoms with Gasteiger partial charge in [-0.25, -0.2) is 9.67 Å². The number of nitrogens with zero attached hydrogens (tertiary/aromatic N) is 3. The second-order valence-electron chi connectivity index (χ2n) is 5.57. The molecular weight excluding hydrogens is 338 g/mol. The molecule has 0 unspecified atom stereocenters. The fraction of sp³-hybridized carbons (Fsp3) is 0.294. The Hall–Kier alpha value is -2.61. The molecule has 3 rings (SSSR count). The van der Waals surface area contributed by atoms with E-state index in [1.165, 1.54) is 4.68 Å². The maximum Gasteiger partial charge on any atom is 0.275 e. The Morgan fingerprint density at radius 2 is 2.20 bits per heavy atom. The summed E-state index contributed by atoms with van der Waals surface area (Å²) < 4.78 is 1.19. The molecular formula is C17H19N5O2S. The fourth-order valence-corrected chi connectivity index (χ4v) is 3.27. The average molecular weight is 357 g/mol. The number of aromatic amines is 1. The van der Waals surface area contributed by atoms with Gasteiger partial charge in [0.15, 0.2) is 0 Å². The van der Waals surface area contributed by atoms with Crippen LogP contribution in [0, 0.1) is 6.92 Å². The van der Waals surface area contributed by atoms with Crippen LogP contribution in [0.25, 0.3) is 10.8 Å². The standard InChI is InChI=1S/C17H19N5O2S/c1-12-15(20-11-19-12)10-25-7-6-18-16(23)9-22-17(24)14-5-3-2-4-13(14)8-21-22/h2-5,8,11H,6-7,9-10H2,1H3,(H,18,23)(H,19,20). The Morgan fingerprint density at radius 1 is 1.36 bits per heavy atom. The van der Waals surface area contributed by atoms with Gasteiger partial charge < -0.3 is 10.3 Å². The molecule has 130 valence electrons. The molecule has 1 amide bonds. The number of aromatic nitrogens is 4. The molecule has 2 heterocycles. The van der Waals surface area contributed by atoms with E-state index in [0.717, 1.165) is 28.3 Å². The number of nitrogens with one attached hydrogen (secondary N) is 2. The molecule has 8 heteroatoms. The van der Waals surface area contributed by atoms with Crippen LogP contribution >= 0.6 is 11.8 Å². The minimum absolute atomic E-state index is 0.0766. The monoisotopic (exact) mass is 357 g/mol. The van der Waals surface area contributed by atoms with E-state index in [9.17, 15) is 9.59 Å². The first kappa shape index (κ1) is 17.2. The summed E-state index contributed by atoms with van der Waals surface area (Å²) in [6, 6.07) is 7.21. The van der Waals surface area contributed by atoms with Crippen molar-refractivity contribution in [2.45, 2.75) is 19.2 Å². The first-order valence-corrected chi connectivity index (χ1v) is 9.09. The molecule has 3 aromatic rings. The number of hydrogen-bond acceptors (Lipinski definition) is 5. The quantitative estimate of drug-likeness (QED) is 0.625. The van der Waals surface area contributed by atoms with Crippen molar-refractivity contribution in [3.05, 3.63) is 58.5 Å². The lowest BCUT2D eigenvalue weighted by Crippen LogP contribution is -2.34. The second-order valence-corrected chi connectivity index (χ2v) is 6.68. The Kier molecular flexibility index (Phi) is 5.49. The minimum Gasteiger partial charge on any atom is -0.354 e. The van der Waals surface area contributed by atoms with Gasteiger partial charge in [0.2, 0.25) is 5.91 Å². The third kappa shape index (κ3) is 4.27. The number of thioether (sulfide) groups is 1. The molecule has 0 aliphatic rings. The van der Waals surface area contributed by atoms with Gasteiger partial charge in [-0.15, -0.1) is 0 Å². The van der Waals surface area contributed by atoms with Crippen molar-refractivity contribution in [3.8, 4) is 0 Å². The maximum absolute atomic E-state index is 12.3. The maximum atomic E-state index is 12.3. The highest BCUT2D eigenvalue weighted by atomic mass is 32.2. The summed E-state index contributed by atoms with van der Waals surface area (Å²) in [6.45, 7) is 2.45. The molecule has 2 aromatic heterocycles. The minimum atomic E-state index is -0.253. The summed E-state index contributed by atoms with van der Waals surface area (Å²) in [4.78, 5) is 31.6. The number of carbonyl (C=O) groups is 1. The molecule has 0 atom stereocenters. The number of benzene rings is 1. The molecule has 2 N–H and O–H groups in total. The van der Waals surface area contributed by atoms with Crippen molar-refractivity contribution in [1.82, 2.24) is 25.1 Å². The number of amides is 1. The van der Waals surface area contributed by atoms with Gasteiger partial charge in [-0.3, -0.25) is 9.59 Å². The molecule has 0 spiro atoms. The smallest absolute Gasteiger partial charge is 0.275 e. The van der Waals surface area contributed by atoms with Gasteiger partial charge in [0, 0.05) is 29.1 Å². The number of H-pyrrole nitrogens is 1. The van der Waals surface area contributed by atoms with Crippen LogP contribution in [0.5, 0.6) is 0 Å². The summed E-state index contributed by atoms with van der Waals surface area (Å²) in [5.41, 5.74) is 1.85. The molecule has 0 aliphatic heterocycles. The zero-order chi connectivity index (χ0) is 17.6. The molecule has 0 saturated heterocycles. The van der Waals surface area contributed by atoms with Crippen LogP contribution in [0.3, 0.4) is 0 Å². The Morgan fingerprint density at radius 3 is 3.00 bits per heavy atom. The predicted octanol–water partition coefficient (Wildman–Crippen LogP) is 1.48. The van der Waals surface area contributed by atoms with Crippen molar-refractivity contribution in [1.29, 1.82) is 0 Å². The Labute approximate surface area is 148 Å². The van der Waals surface area contributed by atoms with Crippen molar-refractivity contribution < 1.29 is 4.79 Å². The highest BCUT2D eigenvalue weighted by Gasteiger charge is 2.08. The average Bonchev–Trinajstić information content (AvgIpc) is 3.02. The molecule has 25 heavy (non-hydrogen) atoms. The summed E-state index contributed by atoms with van der Waals surface area (Å²) in [6.07, 6.45) is 3.29. The molecule has 0 fully saturated rings. The van der Waals surface area contributed by atoms with E-state index in [1.807, 2.05) is 19.1 Å². The number of carbonyl (C=O) groups excluding carboxylic acids is 1. The van der Waals surface area contributed by atoms with E-state index in [4.69, 9.17) is 0 Å². The van der Waals surface area contributed by atoms with Crippen molar-refractivity contribution >= 4 is 28.4 Å². The van der Waals surface area contributed by atoms with E-state index in [2.05, 4.69) is 20.4 Å². The summed E-state index contributed by atoms with van der Waals surface area (Å²) in [7, 11) is 0. The first-order valence-electron chi connectivity index (χ1n) is 7.93. The topological polar surface area (TPSA) is 92.7 Å². The van der Waals surface area contributed by atoms with E-state index in [-0.39, 0.29) is 18.0 Å². The van der Waals surface area contributed by atoms with Gasteiger partial charge in [-0.2, -0.15) is 16.9 Å². The molecule has 0 radical (unpaired) electrons. The van der Waals surface area contributed by atoms with Crippen LogP contribution in [0.4, 0.5) is 0 Å². The normalized spacial score (nSPS) is 10.9. The Balaban J connectivity index is 1.47. The molecule has 0 bridgehead atoms. The second kappa shape index (κ2) is 7.98. The van der Waals surface area contributed by atoms with Crippen molar-refractivity contribution in [3.63, 3.8) is 0 Å². The molecule has 7 nitrogen and oxygen atoms in total. The number of imidazole rings is 1. The van der Waals surface area contributed by atoms with Crippen molar-refractivity contribution in [2.75, 3.05) is 12.3 Å². The van der Waals surface area contributed by atoms with Gasteiger partial charge in [-0.1, -0.05) is 18.2 Å². The van der Waals surface area contributed by atoms with Gasteiger partial charge in [0.05, 0.1) is 23.6 Å². The first-order chi connectivity index (χ1) is 12.1. The highest BCUT2D eigenvalue weighted by Crippen LogP contribution is 2.11. The number of aryl methyl sites for hydroxylation is 1. The van der Waals surface area contributed by atoms with Gasteiger partial charge in [0.25, 0.3) is 5.56 Å². The SMILES string of the molecule is Cc1[nH]cnc1CSCCNC(=O)Cn1ncc2ccccc2c1=O. The third-order valence-corrected chi connectivity index (χ3v) is 4.77. The van der Waals surface area contributed by atoms with Gasteiger partial charge in [0.1, 0.15) is 6.54 Å². The summed E-state index contributed by atoms with van der Waals surface area (Å²) >= 11 is 1.70. The van der Waals surface area contributed by atoms with Crippen LogP contribution in [0.15, 0.2) is 41.6 Å². The van der Waals surface area contributed by atoms with Crippen LogP contribution in [0.2, 0.25) is 0 Å². The largest absolute Gasteiger partial charge is 0.354 e. The van der Waals surface area contributed by atoms with Crippen LogP contribution in [-0.4, -0.2) is 38.0 Å². The third-order valence-electron chi connectivity index (χ3n) is 3.80. The zero-order valence-corrected chi connectivity index (χ0v) is 14.7. The van der Waals surface area contributed by atoms with E-state index in [0.29, 0.717) is 11.9 Å². The molecule has 0 aliphatic carbocycles. The van der Waals surface area contributed by atoms with Crippen LogP contribution < -0.4 is 10.9 Å². The van der Waals surface area contributed by atoms with E-state index < -0.39 is 0 Å². The lowest BCUT2D eigenvalue weighted by Gasteiger charge is -2.07. The molecule has 0 saturated carbocycles. The van der Waals surface area contributed by atoms with E-state index in [1.54, 1.807) is 36.4 Å². The Bertz CT molecular complexity index is 934. The predicted molar refractivity (Wildman–Crippen MR) is 98.5 cm³/mol. The highest BCUT2D eigenvalue weighted by molar-refractivity contribution is 7.98. The zero-order valence-electron chi connectivity index (χ0n) is 13.9. The number of hydrogen-bond donors (Lipinski definition) is 2. The van der Waals surface area contributed by atoms with Gasteiger partial charge >= 0.3 is 0 Å². The summed E-state index contributed by atoms with van der Waals surface area (Å²) in [5.74, 6) is 1.36. The summed E-state index contributed by atoms with van der Waals surface area (Å²) in [5, 5.41) is 8.21. The van der Waals surface area contributed by atoms with Crippen LogP contribution in [0.1, 0.15) is 11.4 Å². The number of fused-ring (bicyclic) bond motifs is 1.